The summed E-state index contributed by atoms with van der Waals surface area (Å²) in [6.07, 6.45) is 5.08. The Morgan fingerprint density at radius 3 is 2.68 bits per heavy atom. The molecule has 2 heterocycles. The molecule has 0 saturated carbocycles. The molecule has 0 aliphatic rings. The van der Waals surface area contributed by atoms with Crippen LogP contribution in [0.2, 0.25) is 0 Å². The number of carbonyl (C=O) groups excluding carboxylic acids is 1. The average Bonchev–Trinajstić information content (AvgIpc) is 2.77. The molecular weight excluding hydrogens is 242 g/mol. The molecule has 0 bridgehead atoms. The van der Waals surface area contributed by atoms with Crippen molar-refractivity contribution in [2.24, 2.45) is 11.1 Å². The summed E-state index contributed by atoms with van der Waals surface area (Å²) in [6, 6.07) is 3.60. The number of carbonyl (C=O) groups is 1. The molecule has 0 radical (unpaired) electrons. The van der Waals surface area contributed by atoms with E-state index >= 15 is 0 Å². The van der Waals surface area contributed by atoms with Crippen molar-refractivity contribution < 1.29 is 4.79 Å². The van der Waals surface area contributed by atoms with E-state index in [1.54, 1.807) is 38.6 Å². The van der Waals surface area contributed by atoms with Gasteiger partial charge in [0, 0.05) is 18.3 Å². The predicted octanol–water partition coefficient (Wildman–Crippen LogP) is 1.04. The fourth-order valence-corrected chi connectivity index (χ4v) is 1.75. The first kappa shape index (κ1) is 13.1. The molecule has 0 atom stereocenters. The highest BCUT2D eigenvalue weighted by molar-refractivity contribution is 5.79. The van der Waals surface area contributed by atoms with Crippen molar-refractivity contribution >= 4 is 11.7 Å². The van der Waals surface area contributed by atoms with Gasteiger partial charge in [0.15, 0.2) is 0 Å². The standard InChI is InChI=1S/C13H17N5O/c1-13(2,12(15)19)7-18-8-16-6-10(18)9-3-4-11(14)17-5-9/h3-6,8H,7H2,1-2H3,(H2,14,17)(H2,15,19). The summed E-state index contributed by atoms with van der Waals surface area (Å²) in [6.45, 7) is 4.07. The molecule has 0 aliphatic heterocycles. The number of rotatable bonds is 4. The molecule has 1 amide bonds. The van der Waals surface area contributed by atoms with E-state index < -0.39 is 5.41 Å². The number of hydrogen-bond donors (Lipinski definition) is 2. The Hall–Kier alpha value is -2.37. The normalized spacial score (nSPS) is 11.5. The van der Waals surface area contributed by atoms with E-state index in [-0.39, 0.29) is 5.91 Å². The van der Waals surface area contributed by atoms with Gasteiger partial charge in [-0.3, -0.25) is 4.79 Å². The van der Waals surface area contributed by atoms with Gasteiger partial charge in [-0.15, -0.1) is 0 Å². The molecule has 100 valence electrons. The van der Waals surface area contributed by atoms with Gasteiger partial charge >= 0.3 is 0 Å². The molecule has 0 spiro atoms. The lowest BCUT2D eigenvalue weighted by atomic mass is 9.92. The average molecular weight is 259 g/mol. The summed E-state index contributed by atoms with van der Waals surface area (Å²) in [4.78, 5) is 19.6. The first-order valence-corrected chi connectivity index (χ1v) is 5.92. The number of amides is 1. The largest absolute Gasteiger partial charge is 0.384 e. The minimum atomic E-state index is -0.642. The van der Waals surface area contributed by atoms with Crippen LogP contribution in [0.15, 0.2) is 30.9 Å². The lowest BCUT2D eigenvalue weighted by Gasteiger charge is -2.22. The van der Waals surface area contributed by atoms with Crippen LogP contribution in [-0.4, -0.2) is 20.4 Å². The molecule has 0 saturated heterocycles. The van der Waals surface area contributed by atoms with E-state index in [0.29, 0.717) is 12.4 Å². The number of primary amides is 1. The first-order chi connectivity index (χ1) is 8.90. The van der Waals surface area contributed by atoms with Gasteiger partial charge in [0.25, 0.3) is 0 Å². The molecule has 2 rings (SSSR count). The van der Waals surface area contributed by atoms with Crippen molar-refractivity contribution in [3.8, 4) is 11.3 Å². The minimum Gasteiger partial charge on any atom is -0.384 e. The highest BCUT2D eigenvalue weighted by Crippen LogP contribution is 2.24. The smallest absolute Gasteiger partial charge is 0.224 e. The van der Waals surface area contributed by atoms with Crippen LogP contribution < -0.4 is 11.5 Å². The van der Waals surface area contributed by atoms with Crippen LogP contribution in [0.1, 0.15) is 13.8 Å². The second-order valence-corrected chi connectivity index (χ2v) is 5.13. The van der Waals surface area contributed by atoms with Crippen LogP contribution in [0.25, 0.3) is 11.3 Å². The Morgan fingerprint density at radius 2 is 2.11 bits per heavy atom. The zero-order valence-electron chi connectivity index (χ0n) is 11.0. The maximum absolute atomic E-state index is 11.4. The van der Waals surface area contributed by atoms with Gasteiger partial charge in [-0.05, 0) is 26.0 Å². The second-order valence-electron chi connectivity index (χ2n) is 5.13. The number of hydrogen-bond acceptors (Lipinski definition) is 4. The van der Waals surface area contributed by atoms with Crippen molar-refractivity contribution in [2.75, 3.05) is 5.73 Å². The predicted molar refractivity (Wildman–Crippen MR) is 72.8 cm³/mol. The van der Waals surface area contributed by atoms with Crippen molar-refractivity contribution in [2.45, 2.75) is 20.4 Å². The van der Waals surface area contributed by atoms with Gasteiger partial charge in [-0.2, -0.15) is 0 Å². The van der Waals surface area contributed by atoms with Gasteiger partial charge in [-0.1, -0.05) is 0 Å². The van der Waals surface area contributed by atoms with Crippen molar-refractivity contribution in [1.29, 1.82) is 0 Å². The lowest BCUT2D eigenvalue weighted by molar-refractivity contribution is -0.126. The third-order valence-electron chi connectivity index (χ3n) is 3.03. The summed E-state index contributed by atoms with van der Waals surface area (Å²) in [5, 5.41) is 0. The third kappa shape index (κ3) is 2.73. The third-order valence-corrected chi connectivity index (χ3v) is 3.03. The molecule has 19 heavy (non-hydrogen) atoms. The van der Waals surface area contributed by atoms with E-state index in [2.05, 4.69) is 9.97 Å². The lowest BCUT2D eigenvalue weighted by Crippen LogP contribution is -2.35. The quantitative estimate of drug-likeness (QED) is 0.856. The molecule has 2 aromatic heterocycles. The van der Waals surface area contributed by atoms with Crippen LogP contribution in [0.3, 0.4) is 0 Å². The maximum Gasteiger partial charge on any atom is 0.224 e. The van der Waals surface area contributed by atoms with Crippen LogP contribution in [0, 0.1) is 5.41 Å². The number of nitrogen functional groups attached to an aromatic ring is 1. The number of aromatic nitrogens is 3. The van der Waals surface area contributed by atoms with Crippen LogP contribution in [-0.2, 0) is 11.3 Å². The fraction of sp³-hybridized carbons (Fsp3) is 0.308. The minimum absolute atomic E-state index is 0.345. The van der Waals surface area contributed by atoms with Gasteiger partial charge in [0.05, 0.1) is 23.6 Å². The molecule has 0 aromatic carbocycles. The summed E-state index contributed by atoms with van der Waals surface area (Å²) in [5.74, 6) is 0.120. The molecule has 2 aromatic rings. The van der Waals surface area contributed by atoms with Gasteiger partial charge in [-0.25, -0.2) is 9.97 Å². The van der Waals surface area contributed by atoms with E-state index in [9.17, 15) is 4.79 Å². The number of imidazole rings is 1. The van der Waals surface area contributed by atoms with E-state index in [0.717, 1.165) is 11.3 Å². The van der Waals surface area contributed by atoms with Gasteiger partial charge in [0.1, 0.15) is 5.82 Å². The summed E-state index contributed by atoms with van der Waals surface area (Å²) < 4.78 is 1.89. The van der Waals surface area contributed by atoms with Crippen molar-refractivity contribution in [3.05, 3.63) is 30.9 Å². The second kappa shape index (κ2) is 4.72. The van der Waals surface area contributed by atoms with Crippen LogP contribution >= 0.6 is 0 Å². The Labute approximate surface area is 111 Å². The van der Waals surface area contributed by atoms with Gasteiger partial charge in [0.2, 0.25) is 5.91 Å². The Kier molecular flexibility index (Phi) is 3.25. The van der Waals surface area contributed by atoms with Crippen molar-refractivity contribution in [3.63, 3.8) is 0 Å². The highest BCUT2D eigenvalue weighted by Gasteiger charge is 2.26. The number of nitrogens with two attached hydrogens (primary N) is 2. The molecular formula is C13H17N5O. The monoisotopic (exact) mass is 259 g/mol. The SMILES string of the molecule is CC(C)(Cn1cncc1-c1ccc(N)nc1)C(N)=O. The molecule has 4 N–H and O–H groups in total. The Morgan fingerprint density at radius 1 is 1.37 bits per heavy atom. The summed E-state index contributed by atoms with van der Waals surface area (Å²) in [5.41, 5.74) is 12.1. The molecule has 0 aliphatic carbocycles. The van der Waals surface area contributed by atoms with Gasteiger partial charge < -0.3 is 16.0 Å². The molecule has 0 fully saturated rings. The van der Waals surface area contributed by atoms with E-state index in [1.165, 1.54) is 0 Å². The fourth-order valence-electron chi connectivity index (χ4n) is 1.75. The molecule has 6 heteroatoms. The summed E-state index contributed by atoms with van der Waals surface area (Å²) >= 11 is 0. The number of pyridine rings is 1. The van der Waals surface area contributed by atoms with Crippen LogP contribution in [0.5, 0.6) is 0 Å². The topological polar surface area (TPSA) is 99.8 Å². The number of nitrogens with zero attached hydrogens (tertiary/aromatic N) is 3. The van der Waals surface area contributed by atoms with Crippen LogP contribution in [0.4, 0.5) is 5.82 Å². The Balaban J connectivity index is 2.33. The highest BCUT2D eigenvalue weighted by atomic mass is 16.1. The molecule has 0 unspecified atom stereocenters. The molecule has 6 nitrogen and oxygen atoms in total. The summed E-state index contributed by atoms with van der Waals surface area (Å²) in [7, 11) is 0. The van der Waals surface area contributed by atoms with E-state index in [1.807, 2.05) is 10.6 Å². The number of anilines is 1. The Bertz CT molecular complexity index is 585. The zero-order chi connectivity index (χ0) is 14.0. The van der Waals surface area contributed by atoms with Crippen molar-refractivity contribution in [1.82, 2.24) is 14.5 Å². The first-order valence-electron chi connectivity index (χ1n) is 5.92. The zero-order valence-corrected chi connectivity index (χ0v) is 11.0. The maximum atomic E-state index is 11.4. The van der Waals surface area contributed by atoms with E-state index in [4.69, 9.17) is 11.5 Å².